The summed E-state index contributed by atoms with van der Waals surface area (Å²) < 4.78 is 5.37. The Morgan fingerprint density at radius 3 is 2.70 bits per heavy atom. The summed E-state index contributed by atoms with van der Waals surface area (Å²) in [6.45, 7) is 4.12. The van der Waals surface area contributed by atoms with E-state index in [1.807, 2.05) is 42.2 Å². The first-order valence-corrected chi connectivity index (χ1v) is 12.1. The van der Waals surface area contributed by atoms with E-state index < -0.39 is 0 Å². The number of benzene rings is 2. The van der Waals surface area contributed by atoms with Gasteiger partial charge in [0, 0.05) is 31.7 Å². The van der Waals surface area contributed by atoms with Gasteiger partial charge >= 0.3 is 6.03 Å². The van der Waals surface area contributed by atoms with Crippen LogP contribution >= 0.6 is 0 Å². The van der Waals surface area contributed by atoms with Crippen molar-refractivity contribution in [1.29, 1.82) is 0 Å². The van der Waals surface area contributed by atoms with Crippen molar-refractivity contribution in [1.82, 2.24) is 10.2 Å². The van der Waals surface area contributed by atoms with Crippen molar-refractivity contribution in [3.63, 3.8) is 0 Å². The highest BCUT2D eigenvalue weighted by atomic mass is 16.5. The van der Waals surface area contributed by atoms with Gasteiger partial charge in [0.15, 0.2) is 0 Å². The van der Waals surface area contributed by atoms with Crippen LogP contribution in [-0.2, 0) is 11.2 Å². The number of amides is 3. The molecular formula is C27H35N3O3. The molecule has 1 aliphatic carbocycles. The van der Waals surface area contributed by atoms with Gasteiger partial charge in [0.2, 0.25) is 5.91 Å². The molecule has 1 saturated heterocycles. The summed E-state index contributed by atoms with van der Waals surface area (Å²) in [5, 5.41) is 5.86. The molecule has 1 fully saturated rings. The minimum absolute atomic E-state index is 0.198. The minimum atomic E-state index is -0.198. The molecular weight excluding hydrogens is 414 g/mol. The van der Waals surface area contributed by atoms with E-state index in [1.54, 1.807) is 7.11 Å². The van der Waals surface area contributed by atoms with Gasteiger partial charge in [-0.15, -0.1) is 0 Å². The summed E-state index contributed by atoms with van der Waals surface area (Å²) in [4.78, 5) is 27.4. The van der Waals surface area contributed by atoms with E-state index in [1.165, 1.54) is 11.1 Å². The normalized spacial score (nSPS) is 20.0. The molecule has 0 spiro atoms. The number of anilines is 1. The van der Waals surface area contributed by atoms with Crippen molar-refractivity contribution < 1.29 is 14.3 Å². The number of nitrogens with zero attached hydrogens (tertiary/aromatic N) is 1. The van der Waals surface area contributed by atoms with E-state index >= 15 is 0 Å². The Morgan fingerprint density at radius 1 is 1.09 bits per heavy atom. The Balaban J connectivity index is 1.27. The fraction of sp³-hybridized carbons (Fsp3) is 0.481. The number of carbonyl (C=O) groups is 2. The van der Waals surface area contributed by atoms with Crippen LogP contribution in [0.5, 0.6) is 5.75 Å². The molecule has 0 aromatic heterocycles. The second-order valence-electron chi connectivity index (χ2n) is 9.41. The zero-order chi connectivity index (χ0) is 23.2. The summed E-state index contributed by atoms with van der Waals surface area (Å²) >= 11 is 0. The van der Waals surface area contributed by atoms with Gasteiger partial charge in [0.1, 0.15) is 5.75 Å². The molecule has 176 valence electrons. The van der Waals surface area contributed by atoms with Crippen LogP contribution in [0, 0.1) is 12.8 Å². The summed E-state index contributed by atoms with van der Waals surface area (Å²) in [5.41, 5.74) is 4.56. The molecule has 1 heterocycles. The summed E-state index contributed by atoms with van der Waals surface area (Å²) in [5.74, 6) is 1.69. The van der Waals surface area contributed by atoms with E-state index in [2.05, 4.69) is 22.8 Å². The lowest BCUT2D eigenvalue weighted by molar-refractivity contribution is -0.133. The van der Waals surface area contributed by atoms with Crippen LogP contribution in [0.2, 0.25) is 0 Å². The standard InChI is InChI=1S/C27H35N3O3/c1-19-8-10-23(11-9-19)29-27(32)28-17-20-5-4-14-30(18-20)26(31)16-22-7-3-6-21-15-24(33-2)12-13-25(21)22/h8-13,15,20,22H,3-7,14,16-18H2,1-2H3,(H2,28,29,32). The number of carbonyl (C=O) groups excluding carboxylic acids is 2. The molecule has 3 amide bonds. The second-order valence-corrected chi connectivity index (χ2v) is 9.41. The molecule has 2 aromatic carbocycles. The third-order valence-electron chi connectivity index (χ3n) is 6.94. The highest BCUT2D eigenvalue weighted by molar-refractivity contribution is 5.89. The average molecular weight is 450 g/mol. The topological polar surface area (TPSA) is 70.7 Å². The number of methoxy groups -OCH3 is 1. The number of aryl methyl sites for hydroxylation is 2. The Bertz CT molecular complexity index is 973. The van der Waals surface area contributed by atoms with Crippen molar-refractivity contribution in [3.05, 3.63) is 59.2 Å². The molecule has 2 aliphatic rings. The van der Waals surface area contributed by atoms with E-state index in [4.69, 9.17) is 4.74 Å². The molecule has 4 rings (SSSR count). The van der Waals surface area contributed by atoms with Gasteiger partial charge < -0.3 is 20.3 Å². The Morgan fingerprint density at radius 2 is 1.91 bits per heavy atom. The van der Waals surface area contributed by atoms with Crippen LogP contribution in [0.4, 0.5) is 10.5 Å². The monoisotopic (exact) mass is 449 g/mol. The number of hydrogen-bond donors (Lipinski definition) is 2. The molecule has 2 unspecified atom stereocenters. The predicted octanol–water partition coefficient (Wildman–Crippen LogP) is 4.87. The molecule has 33 heavy (non-hydrogen) atoms. The SMILES string of the molecule is COc1ccc2c(c1)CCCC2CC(=O)N1CCCC(CNC(=O)Nc2ccc(C)cc2)C1. The lowest BCUT2D eigenvalue weighted by atomic mass is 9.80. The van der Waals surface area contributed by atoms with E-state index in [9.17, 15) is 9.59 Å². The molecule has 2 N–H and O–H groups in total. The number of hydrogen-bond acceptors (Lipinski definition) is 3. The van der Waals surface area contributed by atoms with Crippen LogP contribution in [0.25, 0.3) is 0 Å². The highest BCUT2D eigenvalue weighted by Gasteiger charge is 2.28. The van der Waals surface area contributed by atoms with Crippen molar-refractivity contribution in [2.45, 2.75) is 51.4 Å². The number of rotatable bonds is 6. The van der Waals surface area contributed by atoms with Gasteiger partial charge in [-0.3, -0.25) is 4.79 Å². The van der Waals surface area contributed by atoms with E-state index in [0.717, 1.165) is 55.6 Å². The van der Waals surface area contributed by atoms with Crippen molar-refractivity contribution in [3.8, 4) is 5.75 Å². The quantitative estimate of drug-likeness (QED) is 0.661. The number of piperidine rings is 1. The van der Waals surface area contributed by atoms with Gasteiger partial charge in [-0.05, 0) is 86.3 Å². The largest absolute Gasteiger partial charge is 0.497 e. The van der Waals surface area contributed by atoms with Crippen LogP contribution in [0.15, 0.2) is 42.5 Å². The predicted molar refractivity (Wildman–Crippen MR) is 131 cm³/mol. The van der Waals surface area contributed by atoms with Gasteiger partial charge in [-0.2, -0.15) is 0 Å². The number of nitrogens with one attached hydrogen (secondary N) is 2. The van der Waals surface area contributed by atoms with Crippen LogP contribution in [0.3, 0.4) is 0 Å². The second kappa shape index (κ2) is 10.7. The number of urea groups is 1. The third-order valence-corrected chi connectivity index (χ3v) is 6.94. The molecule has 2 aromatic rings. The summed E-state index contributed by atoms with van der Waals surface area (Å²) in [6.07, 6.45) is 5.80. The highest BCUT2D eigenvalue weighted by Crippen LogP contribution is 2.36. The van der Waals surface area contributed by atoms with Gasteiger partial charge in [0.25, 0.3) is 0 Å². The zero-order valence-corrected chi connectivity index (χ0v) is 19.7. The fourth-order valence-electron chi connectivity index (χ4n) is 5.08. The molecule has 2 atom stereocenters. The van der Waals surface area contributed by atoms with E-state index in [0.29, 0.717) is 19.5 Å². The maximum atomic E-state index is 13.2. The third kappa shape index (κ3) is 6.06. The van der Waals surface area contributed by atoms with Gasteiger partial charge in [-0.1, -0.05) is 23.8 Å². The molecule has 6 nitrogen and oxygen atoms in total. The number of fused-ring (bicyclic) bond motifs is 1. The van der Waals surface area contributed by atoms with Crippen molar-refractivity contribution >= 4 is 17.6 Å². The van der Waals surface area contributed by atoms with Crippen molar-refractivity contribution in [2.75, 3.05) is 32.1 Å². The lowest BCUT2D eigenvalue weighted by Crippen LogP contribution is -2.44. The number of likely N-dealkylation sites (tertiary alicyclic amines) is 1. The van der Waals surface area contributed by atoms with Crippen LogP contribution in [-0.4, -0.2) is 43.6 Å². The Kier molecular flexibility index (Phi) is 7.53. The van der Waals surface area contributed by atoms with Crippen LogP contribution < -0.4 is 15.4 Å². The molecule has 6 heteroatoms. The molecule has 0 bridgehead atoms. The first kappa shape index (κ1) is 23.1. The first-order valence-electron chi connectivity index (χ1n) is 12.1. The smallest absolute Gasteiger partial charge is 0.319 e. The summed E-state index contributed by atoms with van der Waals surface area (Å²) in [6, 6.07) is 13.8. The Labute approximate surface area is 196 Å². The van der Waals surface area contributed by atoms with Crippen molar-refractivity contribution in [2.24, 2.45) is 5.92 Å². The Hall–Kier alpha value is -3.02. The van der Waals surface area contributed by atoms with Gasteiger partial charge in [0.05, 0.1) is 7.11 Å². The molecule has 0 radical (unpaired) electrons. The lowest BCUT2D eigenvalue weighted by Gasteiger charge is -2.34. The zero-order valence-electron chi connectivity index (χ0n) is 19.7. The minimum Gasteiger partial charge on any atom is -0.497 e. The van der Waals surface area contributed by atoms with Crippen LogP contribution in [0.1, 0.15) is 54.7 Å². The van der Waals surface area contributed by atoms with Gasteiger partial charge in [-0.25, -0.2) is 4.79 Å². The fourth-order valence-corrected chi connectivity index (χ4v) is 5.08. The first-order chi connectivity index (χ1) is 16.0. The van der Waals surface area contributed by atoms with E-state index in [-0.39, 0.29) is 23.8 Å². The average Bonchev–Trinajstić information content (AvgIpc) is 2.84. The molecule has 0 saturated carbocycles. The summed E-state index contributed by atoms with van der Waals surface area (Å²) in [7, 11) is 1.69. The number of ether oxygens (including phenoxy) is 1. The maximum absolute atomic E-state index is 13.2. The molecule has 1 aliphatic heterocycles. The maximum Gasteiger partial charge on any atom is 0.319 e.